The highest BCUT2D eigenvalue weighted by atomic mass is 32.1. The first-order valence-corrected chi connectivity index (χ1v) is 4.91. The molecule has 0 saturated carbocycles. The zero-order chi connectivity index (χ0) is 10.9. The lowest BCUT2D eigenvalue weighted by Crippen LogP contribution is -2.41. The summed E-state index contributed by atoms with van der Waals surface area (Å²) in [5.41, 5.74) is -0.505. The van der Waals surface area contributed by atoms with E-state index in [4.69, 9.17) is 21.7 Å². The zero-order valence-corrected chi connectivity index (χ0v) is 9.68. The summed E-state index contributed by atoms with van der Waals surface area (Å²) in [4.78, 5) is 13.0. The maximum Gasteiger partial charge on any atom is 0.418 e. The molecule has 1 aliphatic rings. The number of hydrogen-bond acceptors (Lipinski definition) is 4. The molecule has 1 atom stereocenters. The first kappa shape index (κ1) is 11.2. The third-order valence-electron chi connectivity index (χ3n) is 1.68. The Bertz CT molecular complexity index is 259. The first-order valence-electron chi connectivity index (χ1n) is 4.50. The van der Waals surface area contributed by atoms with E-state index in [1.165, 1.54) is 4.90 Å². The average Bonchev–Trinajstić information content (AvgIpc) is 2.27. The fourth-order valence-electron chi connectivity index (χ4n) is 1.08. The lowest BCUT2D eigenvalue weighted by atomic mass is 10.2. The second-order valence-electron chi connectivity index (χ2n) is 4.28. The monoisotopic (exact) mass is 217 g/mol. The second-order valence-corrected chi connectivity index (χ2v) is 4.63. The van der Waals surface area contributed by atoms with Crippen molar-refractivity contribution >= 4 is 23.5 Å². The summed E-state index contributed by atoms with van der Waals surface area (Å²) in [6.07, 6.45) is -0.438. The van der Waals surface area contributed by atoms with Crippen LogP contribution in [0.15, 0.2) is 0 Å². The summed E-state index contributed by atoms with van der Waals surface area (Å²) in [6.45, 7) is 7.75. The average molecular weight is 217 g/mol. The molecule has 0 aromatic carbocycles. The lowest BCUT2D eigenvalue weighted by molar-refractivity contribution is 0.0349. The Hall–Kier alpha value is -0.840. The minimum atomic E-state index is -0.505. The Balaban J connectivity index is 2.65. The smallest absolute Gasteiger partial charge is 0.418 e. The molecule has 1 heterocycles. The SMILES string of the molecule is C[C@@H]1COC(=S)N1C(=O)OC(C)(C)C. The van der Waals surface area contributed by atoms with Crippen molar-refractivity contribution < 1.29 is 14.3 Å². The van der Waals surface area contributed by atoms with Crippen LogP contribution in [0.1, 0.15) is 27.7 Å². The third-order valence-corrected chi connectivity index (χ3v) is 1.99. The van der Waals surface area contributed by atoms with Crippen LogP contribution in [0.2, 0.25) is 0 Å². The van der Waals surface area contributed by atoms with Gasteiger partial charge in [0.25, 0.3) is 5.17 Å². The summed E-state index contributed by atoms with van der Waals surface area (Å²) in [7, 11) is 0. The van der Waals surface area contributed by atoms with Gasteiger partial charge in [0.2, 0.25) is 0 Å². The van der Waals surface area contributed by atoms with E-state index in [2.05, 4.69) is 0 Å². The Morgan fingerprint density at radius 2 is 2.21 bits per heavy atom. The van der Waals surface area contributed by atoms with Gasteiger partial charge in [0.1, 0.15) is 12.2 Å². The van der Waals surface area contributed by atoms with Gasteiger partial charge in [-0.25, -0.2) is 9.69 Å². The van der Waals surface area contributed by atoms with E-state index >= 15 is 0 Å². The van der Waals surface area contributed by atoms with Gasteiger partial charge in [-0.1, -0.05) is 0 Å². The molecule has 5 heteroatoms. The molecule has 0 aromatic heterocycles. The van der Waals surface area contributed by atoms with Gasteiger partial charge >= 0.3 is 6.09 Å². The largest absolute Gasteiger partial charge is 0.468 e. The van der Waals surface area contributed by atoms with Crippen molar-refractivity contribution in [3.8, 4) is 0 Å². The number of thiocarbonyl (C=S) groups is 1. The Labute approximate surface area is 89.2 Å². The number of carbonyl (C=O) groups is 1. The molecule has 0 aliphatic carbocycles. The fraction of sp³-hybridized carbons (Fsp3) is 0.778. The van der Waals surface area contributed by atoms with E-state index in [1.54, 1.807) is 0 Å². The maximum atomic E-state index is 11.6. The standard InChI is InChI=1S/C9H15NO3S/c1-6-5-12-8(14)10(6)7(11)13-9(2,3)4/h6H,5H2,1-4H3/t6-/m1/s1. The zero-order valence-electron chi connectivity index (χ0n) is 8.86. The van der Waals surface area contributed by atoms with Crippen molar-refractivity contribution in [1.29, 1.82) is 0 Å². The number of rotatable bonds is 0. The second kappa shape index (κ2) is 3.73. The summed E-state index contributed by atoms with van der Waals surface area (Å²) in [6, 6.07) is -0.0441. The predicted octanol–water partition coefficient (Wildman–Crippen LogP) is 1.93. The molecule has 1 fully saturated rings. The van der Waals surface area contributed by atoms with Crippen molar-refractivity contribution in [3.63, 3.8) is 0 Å². The van der Waals surface area contributed by atoms with Crippen LogP contribution in [0, 0.1) is 0 Å². The summed E-state index contributed by atoms with van der Waals surface area (Å²) < 4.78 is 10.3. The fourth-order valence-corrected chi connectivity index (χ4v) is 1.40. The molecule has 1 rings (SSSR count). The van der Waals surface area contributed by atoms with Crippen LogP contribution >= 0.6 is 12.2 Å². The lowest BCUT2D eigenvalue weighted by Gasteiger charge is -2.24. The molecule has 0 spiro atoms. The maximum absolute atomic E-state index is 11.6. The van der Waals surface area contributed by atoms with Crippen LogP contribution in [0.5, 0.6) is 0 Å². The van der Waals surface area contributed by atoms with Crippen molar-refractivity contribution in [3.05, 3.63) is 0 Å². The quantitative estimate of drug-likeness (QED) is 0.581. The molecule has 4 nitrogen and oxygen atoms in total. The number of hydrogen-bond donors (Lipinski definition) is 0. The molecule has 1 amide bonds. The highest BCUT2D eigenvalue weighted by Crippen LogP contribution is 2.17. The van der Waals surface area contributed by atoms with Crippen molar-refractivity contribution in [2.75, 3.05) is 6.61 Å². The first-order chi connectivity index (χ1) is 6.31. The van der Waals surface area contributed by atoms with Gasteiger partial charge in [0, 0.05) is 0 Å². The van der Waals surface area contributed by atoms with E-state index < -0.39 is 11.7 Å². The van der Waals surface area contributed by atoms with E-state index in [0.29, 0.717) is 6.61 Å². The molecule has 0 unspecified atom stereocenters. The van der Waals surface area contributed by atoms with Gasteiger partial charge < -0.3 is 9.47 Å². The van der Waals surface area contributed by atoms with Gasteiger partial charge in [-0.15, -0.1) is 0 Å². The predicted molar refractivity (Wildman–Crippen MR) is 56.1 cm³/mol. The molecular weight excluding hydrogens is 202 g/mol. The Morgan fingerprint density at radius 3 is 2.57 bits per heavy atom. The van der Waals surface area contributed by atoms with Crippen LogP contribution in [-0.2, 0) is 9.47 Å². The topological polar surface area (TPSA) is 38.8 Å². The van der Waals surface area contributed by atoms with E-state index in [1.807, 2.05) is 27.7 Å². The van der Waals surface area contributed by atoms with Gasteiger partial charge in [-0.05, 0) is 39.9 Å². The summed E-state index contributed by atoms with van der Waals surface area (Å²) in [5.74, 6) is 0. The van der Waals surface area contributed by atoms with Crippen LogP contribution in [0.4, 0.5) is 4.79 Å². The van der Waals surface area contributed by atoms with Gasteiger partial charge in [-0.3, -0.25) is 0 Å². The molecular formula is C9H15NO3S. The molecule has 80 valence electrons. The van der Waals surface area contributed by atoms with Crippen molar-refractivity contribution in [2.45, 2.75) is 39.3 Å². The van der Waals surface area contributed by atoms with Crippen LogP contribution < -0.4 is 0 Å². The summed E-state index contributed by atoms with van der Waals surface area (Å²) in [5, 5.41) is 0.201. The van der Waals surface area contributed by atoms with Crippen molar-refractivity contribution in [1.82, 2.24) is 4.90 Å². The molecule has 0 aromatic rings. The number of amides is 1. The molecule has 1 saturated heterocycles. The van der Waals surface area contributed by atoms with E-state index in [0.717, 1.165) is 0 Å². The van der Waals surface area contributed by atoms with Gasteiger partial charge in [0.05, 0.1) is 6.04 Å². The van der Waals surface area contributed by atoms with E-state index in [9.17, 15) is 4.79 Å². The normalized spacial score (nSPS) is 22.1. The summed E-state index contributed by atoms with van der Waals surface area (Å²) >= 11 is 4.89. The minimum Gasteiger partial charge on any atom is -0.468 e. The molecule has 1 aliphatic heterocycles. The van der Waals surface area contributed by atoms with E-state index in [-0.39, 0.29) is 11.2 Å². The van der Waals surface area contributed by atoms with Crippen LogP contribution in [0.25, 0.3) is 0 Å². The minimum absolute atomic E-state index is 0.0441. The van der Waals surface area contributed by atoms with Crippen LogP contribution in [0.3, 0.4) is 0 Å². The molecule has 0 N–H and O–H groups in total. The highest BCUT2D eigenvalue weighted by Gasteiger charge is 2.35. The third kappa shape index (κ3) is 2.57. The number of carbonyl (C=O) groups excluding carboxylic acids is 1. The molecule has 0 bridgehead atoms. The Kier molecular flexibility index (Phi) is 2.99. The number of nitrogens with zero attached hydrogens (tertiary/aromatic N) is 1. The highest BCUT2D eigenvalue weighted by molar-refractivity contribution is 7.80. The van der Waals surface area contributed by atoms with Gasteiger partial charge in [-0.2, -0.15) is 0 Å². The number of ether oxygens (including phenoxy) is 2. The Morgan fingerprint density at radius 1 is 1.64 bits per heavy atom. The molecule has 0 radical (unpaired) electrons. The van der Waals surface area contributed by atoms with Crippen molar-refractivity contribution in [2.24, 2.45) is 0 Å². The van der Waals surface area contributed by atoms with Crippen LogP contribution in [-0.4, -0.2) is 34.4 Å². The molecule has 14 heavy (non-hydrogen) atoms. The van der Waals surface area contributed by atoms with Gasteiger partial charge in [0.15, 0.2) is 0 Å².